The first kappa shape index (κ1) is 13.0. The van der Waals surface area contributed by atoms with Crippen LogP contribution >= 0.6 is 0 Å². The normalized spacial score (nSPS) is 28.2. The number of unbranched alkanes of at least 4 members (excludes halogenated alkanes) is 3. The van der Waals surface area contributed by atoms with Gasteiger partial charge in [0.2, 0.25) is 0 Å². The summed E-state index contributed by atoms with van der Waals surface area (Å²) >= 11 is 0. The zero-order chi connectivity index (χ0) is 11.1. The molecule has 0 amide bonds. The van der Waals surface area contributed by atoms with Crippen molar-refractivity contribution < 1.29 is 0 Å². The Kier molecular flexibility index (Phi) is 6.26. The van der Waals surface area contributed by atoms with Gasteiger partial charge in [0.05, 0.1) is 0 Å². The lowest BCUT2D eigenvalue weighted by Crippen LogP contribution is -2.47. The summed E-state index contributed by atoms with van der Waals surface area (Å²) in [5.41, 5.74) is 0. The van der Waals surface area contributed by atoms with Crippen LogP contribution in [0.4, 0.5) is 0 Å². The highest BCUT2D eigenvalue weighted by molar-refractivity contribution is 4.81. The van der Waals surface area contributed by atoms with Crippen LogP contribution in [0.2, 0.25) is 0 Å². The Bertz CT molecular complexity index is 159. The Balaban J connectivity index is 2.11. The van der Waals surface area contributed by atoms with E-state index >= 15 is 0 Å². The molecule has 90 valence electrons. The number of rotatable bonds is 6. The lowest BCUT2D eigenvalue weighted by molar-refractivity contribution is 0.149. The molecule has 1 aliphatic rings. The van der Waals surface area contributed by atoms with E-state index in [0.29, 0.717) is 0 Å². The highest BCUT2D eigenvalue weighted by atomic mass is 15.1. The molecule has 1 N–H and O–H groups in total. The molecule has 0 aromatic heterocycles. The Morgan fingerprint density at radius 1 is 1.27 bits per heavy atom. The van der Waals surface area contributed by atoms with Crippen LogP contribution in [0.25, 0.3) is 0 Å². The molecule has 1 saturated heterocycles. The predicted octanol–water partition coefficient (Wildman–Crippen LogP) is 2.50. The molecule has 2 heteroatoms. The number of hydrogen-bond acceptors (Lipinski definition) is 2. The van der Waals surface area contributed by atoms with Gasteiger partial charge in [-0.3, -0.25) is 0 Å². The lowest BCUT2D eigenvalue weighted by Gasteiger charge is -2.36. The summed E-state index contributed by atoms with van der Waals surface area (Å²) in [4.78, 5) is 2.65. The number of nitrogens with one attached hydrogen (secondary N) is 1. The van der Waals surface area contributed by atoms with Crippen LogP contribution in [0.1, 0.15) is 46.0 Å². The Morgan fingerprint density at radius 2 is 2.07 bits per heavy atom. The van der Waals surface area contributed by atoms with Gasteiger partial charge in [-0.2, -0.15) is 0 Å². The van der Waals surface area contributed by atoms with Gasteiger partial charge in [0.15, 0.2) is 0 Å². The van der Waals surface area contributed by atoms with E-state index in [1.54, 1.807) is 0 Å². The molecule has 1 heterocycles. The zero-order valence-electron chi connectivity index (χ0n) is 10.8. The second-order valence-electron chi connectivity index (χ2n) is 5.02. The minimum Gasteiger partial charge on any atom is -0.317 e. The topological polar surface area (TPSA) is 15.3 Å². The molecule has 0 spiro atoms. The van der Waals surface area contributed by atoms with Crippen molar-refractivity contribution in [2.75, 3.05) is 26.7 Å². The summed E-state index contributed by atoms with van der Waals surface area (Å²) in [7, 11) is 2.10. The third-order valence-corrected chi connectivity index (χ3v) is 3.69. The van der Waals surface area contributed by atoms with Crippen molar-refractivity contribution in [2.24, 2.45) is 5.92 Å². The molecular weight excluding hydrogens is 184 g/mol. The highest BCUT2D eigenvalue weighted by Crippen LogP contribution is 2.16. The van der Waals surface area contributed by atoms with E-state index < -0.39 is 0 Å². The van der Waals surface area contributed by atoms with Crippen LogP contribution in [0.3, 0.4) is 0 Å². The largest absolute Gasteiger partial charge is 0.317 e. The van der Waals surface area contributed by atoms with E-state index in [-0.39, 0.29) is 0 Å². The second-order valence-corrected chi connectivity index (χ2v) is 5.02. The molecule has 0 saturated carbocycles. The molecule has 0 aromatic carbocycles. The van der Waals surface area contributed by atoms with E-state index in [4.69, 9.17) is 0 Å². The standard InChI is InChI=1S/C13H28N2/c1-4-5-6-7-9-15-10-8-13(14-3)12(2)11-15/h12-14H,4-11H2,1-3H3. The summed E-state index contributed by atoms with van der Waals surface area (Å²) in [6.45, 7) is 8.56. The Hall–Kier alpha value is -0.0800. The van der Waals surface area contributed by atoms with Crippen LogP contribution in [0.5, 0.6) is 0 Å². The maximum atomic E-state index is 3.42. The quantitative estimate of drug-likeness (QED) is 0.681. The fourth-order valence-corrected chi connectivity index (χ4v) is 2.63. The number of hydrogen-bond donors (Lipinski definition) is 1. The molecule has 1 rings (SSSR count). The van der Waals surface area contributed by atoms with Crippen molar-refractivity contribution in [3.05, 3.63) is 0 Å². The molecule has 2 atom stereocenters. The molecule has 1 aliphatic heterocycles. The summed E-state index contributed by atoms with van der Waals surface area (Å²) in [5, 5.41) is 3.42. The number of likely N-dealkylation sites (tertiary alicyclic amines) is 1. The Labute approximate surface area is 95.4 Å². The average molecular weight is 212 g/mol. The van der Waals surface area contributed by atoms with Gasteiger partial charge in [-0.15, -0.1) is 0 Å². The van der Waals surface area contributed by atoms with Gasteiger partial charge in [0.1, 0.15) is 0 Å². The van der Waals surface area contributed by atoms with E-state index in [1.165, 1.54) is 51.7 Å². The number of piperidine rings is 1. The van der Waals surface area contributed by atoms with Crippen molar-refractivity contribution in [3.8, 4) is 0 Å². The summed E-state index contributed by atoms with van der Waals surface area (Å²) in [5.74, 6) is 0.815. The monoisotopic (exact) mass is 212 g/mol. The molecular formula is C13H28N2. The summed E-state index contributed by atoms with van der Waals surface area (Å²) in [6, 6.07) is 0.747. The minimum atomic E-state index is 0.747. The maximum Gasteiger partial charge on any atom is 0.0114 e. The highest BCUT2D eigenvalue weighted by Gasteiger charge is 2.23. The summed E-state index contributed by atoms with van der Waals surface area (Å²) < 4.78 is 0. The van der Waals surface area contributed by atoms with Gasteiger partial charge in [-0.05, 0) is 38.9 Å². The van der Waals surface area contributed by atoms with Crippen molar-refractivity contribution >= 4 is 0 Å². The fraction of sp³-hybridized carbons (Fsp3) is 1.00. The van der Waals surface area contributed by atoms with Gasteiger partial charge < -0.3 is 10.2 Å². The van der Waals surface area contributed by atoms with Crippen LogP contribution in [-0.2, 0) is 0 Å². The van der Waals surface area contributed by atoms with Crippen LogP contribution in [0, 0.1) is 5.92 Å². The van der Waals surface area contributed by atoms with Gasteiger partial charge in [0, 0.05) is 12.6 Å². The van der Waals surface area contributed by atoms with Gasteiger partial charge >= 0.3 is 0 Å². The van der Waals surface area contributed by atoms with E-state index in [9.17, 15) is 0 Å². The van der Waals surface area contributed by atoms with Crippen molar-refractivity contribution in [2.45, 2.75) is 52.0 Å². The molecule has 0 radical (unpaired) electrons. The van der Waals surface area contributed by atoms with Gasteiger partial charge in [-0.1, -0.05) is 33.1 Å². The van der Waals surface area contributed by atoms with Crippen molar-refractivity contribution in [3.63, 3.8) is 0 Å². The molecule has 0 aliphatic carbocycles. The first-order valence-corrected chi connectivity index (χ1v) is 6.67. The smallest absolute Gasteiger partial charge is 0.0114 e. The lowest BCUT2D eigenvalue weighted by atomic mass is 9.94. The molecule has 2 nitrogen and oxygen atoms in total. The molecule has 1 fully saturated rings. The summed E-state index contributed by atoms with van der Waals surface area (Å²) in [6.07, 6.45) is 6.88. The first-order valence-electron chi connectivity index (χ1n) is 6.67. The van der Waals surface area contributed by atoms with E-state index in [2.05, 4.69) is 31.1 Å². The van der Waals surface area contributed by atoms with Crippen LogP contribution in [0.15, 0.2) is 0 Å². The third kappa shape index (κ3) is 4.52. The average Bonchev–Trinajstić information content (AvgIpc) is 2.25. The molecule has 0 bridgehead atoms. The molecule has 15 heavy (non-hydrogen) atoms. The zero-order valence-corrected chi connectivity index (χ0v) is 10.8. The van der Waals surface area contributed by atoms with Crippen molar-refractivity contribution in [1.29, 1.82) is 0 Å². The predicted molar refractivity (Wildman–Crippen MR) is 67.2 cm³/mol. The van der Waals surface area contributed by atoms with E-state index in [1.807, 2.05) is 0 Å². The fourth-order valence-electron chi connectivity index (χ4n) is 2.63. The van der Waals surface area contributed by atoms with Gasteiger partial charge in [-0.25, -0.2) is 0 Å². The van der Waals surface area contributed by atoms with Crippen molar-refractivity contribution in [1.82, 2.24) is 10.2 Å². The van der Waals surface area contributed by atoms with Crippen LogP contribution in [-0.4, -0.2) is 37.6 Å². The van der Waals surface area contributed by atoms with Crippen LogP contribution < -0.4 is 5.32 Å². The SMILES string of the molecule is CCCCCCN1CCC(NC)C(C)C1. The van der Waals surface area contributed by atoms with Gasteiger partial charge in [0.25, 0.3) is 0 Å². The Morgan fingerprint density at radius 3 is 2.67 bits per heavy atom. The third-order valence-electron chi connectivity index (χ3n) is 3.69. The van der Waals surface area contributed by atoms with E-state index in [0.717, 1.165) is 12.0 Å². The molecule has 2 unspecified atom stereocenters. The first-order chi connectivity index (χ1) is 7.27. The number of nitrogens with zero attached hydrogens (tertiary/aromatic N) is 1. The molecule has 0 aromatic rings. The second kappa shape index (κ2) is 7.24. The maximum absolute atomic E-state index is 3.42. The minimum absolute atomic E-state index is 0.747.